The van der Waals surface area contributed by atoms with Crippen molar-refractivity contribution in [3.8, 4) is 5.75 Å². The number of amides is 1. The third-order valence-electron chi connectivity index (χ3n) is 4.26. The predicted octanol–water partition coefficient (Wildman–Crippen LogP) is 0.507. The molecule has 0 fully saturated rings. The topological polar surface area (TPSA) is 118 Å². The van der Waals surface area contributed by atoms with Gasteiger partial charge in [-0.3, -0.25) is 14.2 Å². The molecule has 0 radical (unpaired) electrons. The first-order chi connectivity index (χ1) is 12.2. The summed E-state index contributed by atoms with van der Waals surface area (Å²) in [5.74, 6) is -2.40. The molecule has 0 spiro atoms. The van der Waals surface area contributed by atoms with E-state index < -0.39 is 43.8 Å². The van der Waals surface area contributed by atoms with Gasteiger partial charge in [0.05, 0.1) is 5.75 Å². The number of carbonyl (C=O) groups excluding carboxylic acids is 1. The van der Waals surface area contributed by atoms with Crippen LogP contribution in [-0.4, -0.2) is 34.7 Å². The van der Waals surface area contributed by atoms with E-state index >= 15 is 0 Å². The van der Waals surface area contributed by atoms with Gasteiger partial charge in [0.1, 0.15) is 16.9 Å². The number of hydrogen-bond donors (Lipinski definition) is 2. The van der Waals surface area contributed by atoms with E-state index in [1.165, 1.54) is 31.2 Å². The first-order valence-corrected chi connectivity index (χ1v) is 9.50. The Hall–Kier alpha value is -2.75. The molecule has 0 saturated heterocycles. The molecule has 1 aliphatic rings. The van der Waals surface area contributed by atoms with Gasteiger partial charge in [-0.05, 0) is 24.6 Å². The van der Waals surface area contributed by atoms with Crippen LogP contribution in [-0.2, 0) is 22.9 Å². The van der Waals surface area contributed by atoms with Gasteiger partial charge in [0.25, 0.3) is 11.5 Å². The van der Waals surface area contributed by atoms with Crippen LogP contribution in [0.4, 0.5) is 4.39 Å². The number of nitrogens with zero attached hydrogens (tertiary/aromatic N) is 2. The number of hydrogen-bond acceptors (Lipinski definition) is 6. The summed E-state index contributed by atoms with van der Waals surface area (Å²) < 4.78 is 38.0. The summed E-state index contributed by atoms with van der Waals surface area (Å²) in [6.45, 7) is 1.27. The normalized spacial score (nSPS) is 18.2. The molecule has 8 nitrogen and oxygen atoms in total. The molecule has 0 aliphatic carbocycles. The zero-order chi connectivity index (χ0) is 19.1. The SMILES string of the molecule is CC1c2nc(C(=O)NCc3ccc(F)cc3)c(O)c(=O)n2CCS1(=O)=O. The minimum absolute atomic E-state index is 0.0203. The Morgan fingerprint density at radius 3 is 2.69 bits per heavy atom. The van der Waals surface area contributed by atoms with Crippen LogP contribution >= 0.6 is 0 Å². The molecular weight excluding hydrogens is 365 g/mol. The summed E-state index contributed by atoms with van der Waals surface area (Å²) in [6.07, 6.45) is 0. The summed E-state index contributed by atoms with van der Waals surface area (Å²) in [4.78, 5) is 28.5. The second-order valence-electron chi connectivity index (χ2n) is 5.94. The highest BCUT2D eigenvalue weighted by Crippen LogP contribution is 2.26. The smallest absolute Gasteiger partial charge is 0.296 e. The Bertz CT molecular complexity index is 1030. The van der Waals surface area contributed by atoms with E-state index in [0.29, 0.717) is 5.56 Å². The molecule has 1 aromatic heterocycles. The number of sulfone groups is 1. The summed E-state index contributed by atoms with van der Waals surface area (Å²) >= 11 is 0. The van der Waals surface area contributed by atoms with E-state index in [9.17, 15) is 27.5 Å². The van der Waals surface area contributed by atoms with Gasteiger partial charge in [-0.1, -0.05) is 12.1 Å². The van der Waals surface area contributed by atoms with Crippen LogP contribution in [0.5, 0.6) is 5.75 Å². The molecule has 1 amide bonds. The third kappa shape index (κ3) is 3.19. The monoisotopic (exact) mass is 381 g/mol. The van der Waals surface area contributed by atoms with Crippen molar-refractivity contribution in [3.63, 3.8) is 0 Å². The Labute approximate surface area is 148 Å². The number of halogens is 1. The van der Waals surface area contributed by atoms with E-state index in [4.69, 9.17) is 0 Å². The van der Waals surface area contributed by atoms with Gasteiger partial charge in [-0.25, -0.2) is 17.8 Å². The molecule has 10 heteroatoms. The van der Waals surface area contributed by atoms with E-state index in [-0.39, 0.29) is 24.7 Å². The van der Waals surface area contributed by atoms with Crippen molar-refractivity contribution < 1.29 is 22.7 Å². The lowest BCUT2D eigenvalue weighted by atomic mass is 10.2. The Balaban J connectivity index is 1.91. The minimum atomic E-state index is -3.48. The number of aromatic nitrogens is 2. The zero-order valence-corrected chi connectivity index (χ0v) is 14.6. The second kappa shape index (κ2) is 6.52. The van der Waals surface area contributed by atoms with Crippen LogP contribution in [0.15, 0.2) is 29.1 Å². The highest BCUT2D eigenvalue weighted by atomic mass is 32.2. The van der Waals surface area contributed by atoms with E-state index in [2.05, 4.69) is 10.3 Å². The fourth-order valence-electron chi connectivity index (χ4n) is 2.67. The van der Waals surface area contributed by atoms with Crippen LogP contribution in [0.25, 0.3) is 0 Å². The van der Waals surface area contributed by atoms with Gasteiger partial charge in [-0.15, -0.1) is 0 Å². The highest BCUT2D eigenvalue weighted by molar-refractivity contribution is 7.91. The first-order valence-electron chi connectivity index (χ1n) is 7.78. The Kier molecular flexibility index (Phi) is 4.53. The molecule has 2 heterocycles. The summed E-state index contributed by atoms with van der Waals surface area (Å²) in [6, 6.07) is 5.41. The molecular formula is C16H16FN3O5S. The van der Waals surface area contributed by atoms with Crippen molar-refractivity contribution in [2.45, 2.75) is 25.3 Å². The van der Waals surface area contributed by atoms with Crippen LogP contribution in [0, 0.1) is 5.82 Å². The van der Waals surface area contributed by atoms with Gasteiger partial charge >= 0.3 is 0 Å². The molecule has 1 aromatic carbocycles. The van der Waals surface area contributed by atoms with Crippen molar-refractivity contribution in [3.05, 3.63) is 57.5 Å². The van der Waals surface area contributed by atoms with Crippen molar-refractivity contribution in [2.24, 2.45) is 0 Å². The summed E-state index contributed by atoms with van der Waals surface area (Å²) in [5.41, 5.74) is -0.791. The average molecular weight is 381 g/mol. The molecule has 1 aliphatic heterocycles. The van der Waals surface area contributed by atoms with Gasteiger partial charge in [0, 0.05) is 13.1 Å². The maximum Gasteiger partial charge on any atom is 0.296 e. The number of nitrogens with one attached hydrogen (secondary N) is 1. The molecule has 1 atom stereocenters. The number of benzene rings is 1. The van der Waals surface area contributed by atoms with Crippen LogP contribution < -0.4 is 10.9 Å². The minimum Gasteiger partial charge on any atom is -0.501 e. The van der Waals surface area contributed by atoms with Crippen LogP contribution in [0.1, 0.15) is 34.0 Å². The molecule has 3 rings (SSSR count). The molecule has 0 saturated carbocycles. The van der Waals surface area contributed by atoms with Crippen molar-refractivity contribution in [2.75, 3.05) is 5.75 Å². The summed E-state index contributed by atoms with van der Waals surface area (Å²) in [7, 11) is -3.48. The Morgan fingerprint density at radius 1 is 1.38 bits per heavy atom. The van der Waals surface area contributed by atoms with Crippen LogP contribution in [0.2, 0.25) is 0 Å². The van der Waals surface area contributed by atoms with Gasteiger partial charge in [0.2, 0.25) is 5.75 Å². The number of fused-ring (bicyclic) bond motifs is 1. The fourth-order valence-corrected chi connectivity index (χ4v) is 3.96. The van der Waals surface area contributed by atoms with E-state index in [1.807, 2.05) is 0 Å². The average Bonchev–Trinajstić information content (AvgIpc) is 2.60. The standard InChI is InChI=1S/C16H16FN3O5S/c1-9-14-19-12(13(21)16(23)20(14)6-7-26(9,24)25)15(22)18-8-10-2-4-11(17)5-3-10/h2-5,9,21H,6-8H2,1H3,(H,18,22). The van der Waals surface area contributed by atoms with Crippen molar-refractivity contribution in [1.82, 2.24) is 14.9 Å². The van der Waals surface area contributed by atoms with Gasteiger partial charge < -0.3 is 10.4 Å². The third-order valence-corrected chi connectivity index (χ3v) is 6.30. The van der Waals surface area contributed by atoms with Crippen molar-refractivity contribution in [1.29, 1.82) is 0 Å². The summed E-state index contributed by atoms with van der Waals surface area (Å²) in [5, 5.41) is 11.4. The molecule has 26 heavy (non-hydrogen) atoms. The number of aromatic hydroxyl groups is 1. The lowest BCUT2D eigenvalue weighted by Gasteiger charge is -2.24. The lowest BCUT2D eigenvalue weighted by molar-refractivity contribution is 0.0941. The van der Waals surface area contributed by atoms with Gasteiger partial charge in [-0.2, -0.15) is 0 Å². The number of rotatable bonds is 3. The Morgan fingerprint density at radius 2 is 2.04 bits per heavy atom. The maximum absolute atomic E-state index is 12.9. The van der Waals surface area contributed by atoms with Crippen LogP contribution in [0.3, 0.4) is 0 Å². The first kappa shape index (κ1) is 18.1. The highest BCUT2D eigenvalue weighted by Gasteiger charge is 2.34. The lowest BCUT2D eigenvalue weighted by Crippen LogP contribution is -2.38. The quantitative estimate of drug-likeness (QED) is 0.800. The molecule has 2 N–H and O–H groups in total. The molecule has 2 aromatic rings. The second-order valence-corrected chi connectivity index (χ2v) is 8.38. The molecule has 0 bridgehead atoms. The van der Waals surface area contributed by atoms with E-state index in [1.54, 1.807) is 0 Å². The molecule has 1 unspecified atom stereocenters. The largest absolute Gasteiger partial charge is 0.501 e. The van der Waals surface area contributed by atoms with Gasteiger partial charge in [0.15, 0.2) is 15.5 Å². The van der Waals surface area contributed by atoms with Crippen molar-refractivity contribution >= 4 is 15.7 Å². The molecule has 138 valence electrons. The predicted molar refractivity (Wildman–Crippen MR) is 89.9 cm³/mol. The zero-order valence-electron chi connectivity index (χ0n) is 13.8. The number of carbonyl (C=O) groups is 1. The fraction of sp³-hybridized carbons (Fsp3) is 0.312. The van der Waals surface area contributed by atoms with E-state index in [0.717, 1.165) is 4.57 Å². The maximum atomic E-state index is 12.9.